The van der Waals surface area contributed by atoms with Gasteiger partial charge in [0.15, 0.2) is 0 Å². The summed E-state index contributed by atoms with van der Waals surface area (Å²) in [4.78, 5) is 31.2. The molecule has 1 unspecified atom stereocenters. The normalized spacial score (nSPS) is 12.2. The summed E-state index contributed by atoms with van der Waals surface area (Å²) >= 11 is 0. The fourth-order valence-electron chi connectivity index (χ4n) is 3.29. The molecule has 4 aromatic rings. The minimum atomic E-state index is -0.784. The second kappa shape index (κ2) is 6.99. The summed E-state index contributed by atoms with van der Waals surface area (Å²) in [6.07, 6.45) is 2.19. The molecule has 1 amide bonds. The number of aromatic nitrogens is 2. The van der Waals surface area contributed by atoms with E-state index in [4.69, 9.17) is 4.74 Å². The lowest BCUT2D eigenvalue weighted by molar-refractivity contribution is -0.142. The molecule has 27 heavy (non-hydrogen) atoms. The minimum Gasteiger partial charge on any atom is -0.467 e. The Balaban J connectivity index is 1.58. The van der Waals surface area contributed by atoms with Crippen LogP contribution in [0.1, 0.15) is 16.1 Å². The summed E-state index contributed by atoms with van der Waals surface area (Å²) in [5.74, 6) is -0.828. The molecular formula is C21H19N3O3. The van der Waals surface area contributed by atoms with Crippen molar-refractivity contribution in [2.75, 3.05) is 7.11 Å². The lowest BCUT2D eigenvalue weighted by Crippen LogP contribution is -2.43. The number of nitrogens with one attached hydrogen (secondary N) is 3. The summed E-state index contributed by atoms with van der Waals surface area (Å²) in [6.45, 7) is 0. The highest BCUT2D eigenvalue weighted by Gasteiger charge is 2.24. The summed E-state index contributed by atoms with van der Waals surface area (Å²) in [6, 6.07) is 16.4. The highest BCUT2D eigenvalue weighted by Crippen LogP contribution is 2.20. The molecule has 4 rings (SSSR count). The average molecular weight is 361 g/mol. The van der Waals surface area contributed by atoms with E-state index in [1.165, 1.54) is 7.11 Å². The van der Waals surface area contributed by atoms with Crippen LogP contribution in [0.2, 0.25) is 0 Å². The molecule has 0 bridgehead atoms. The van der Waals surface area contributed by atoms with Crippen molar-refractivity contribution in [1.29, 1.82) is 0 Å². The molecule has 0 aliphatic heterocycles. The number of H-pyrrole nitrogens is 2. The van der Waals surface area contributed by atoms with Crippen molar-refractivity contribution in [3.05, 3.63) is 72.1 Å². The molecule has 0 radical (unpaired) electrons. The smallest absolute Gasteiger partial charge is 0.328 e. The van der Waals surface area contributed by atoms with E-state index < -0.39 is 12.0 Å². The van der Waals surface area contributed by atoms with Gasteiger partial charge in [0.1, 0.15) is 11.7 Å². The van der Waals surface area contributed by atoms with Gasteiger partial charge in [-0.05, 0) is 23.8 Å². The third kappa shape index (κ3) is 3.29. The molecule has 0 aliphatic rings. The van der Waals surface area contributed by atoms with Crippen LogP contribution in [-0.4, -0.2) is 35.0 Å². The molecule has 6 nitrogen and oxygen atoms in total. The predicted octanol–water partition coefficient (Wildman–Crippen LogP) is 3.16. The third-order valence-corrected chi connectivity index (χ3v) is 4.66. The Bertz CT molecular complexity index is 1090. The van der Waals surface area contributed by atoms with Gasteiger partial charge in [0, 0.05) is 34.4 Å². The largest absolute Gasteiger partial charge is 0.467 e. The Kier molecular flexibility index (Phi) is 4.38. The van der Waals surface area contributed by atoms with E-state index in [9.17, 15) is 9.59 Å². The van der Waals surface area contributed by atoms with Crippen molar-refractivity contribution >= 4 is 33.7 Å². The van der Waals surface area contributed by atoms with Gasteiger partial charge < -0.3 is 20.0 Å². The van der Waals surface area contributed by atoms with Gasteiger partial charge in [-0.1, -0.05) is 36.4 Å². The highest BCUT2D eigenvalue weighted by molar-refractivity contribution is 5.99. The van der Waals surface area contributed by atoms with E-state index in [-0.39, 0.29) is 5.91 Å². The molecule has 2 aromatic carbocycles. The van der Waals surface area contributed by atoms with Crippen LogP contribution in [0.15, 0.2) is 60.8 Å². The van der Waals surface area contributed by atoms with E-state index in [0.29, 0.717) is 12.1 Å². The van der Waals surface area contributed by atoms with Crippen molar-refractivity contribution in [3.8, 4) is 0 Å². The Hall–Kier alpha value is -3.54. The topological polar surface area (TPSA) is 87.0 Å². The number of carbonyl (C=O) groups excluding carboxylic acids is 2. The van der Waals surface area contributed by atoms with Crippen LogP contribution in [0, 0.1) is 0 Å². The molecule has 2 aromatic heterocycles. The molecule has 3 N–H and O–H groups in total. The summed E-state index contributed by atoms with van der Waals surface area (Å²) < 4.78 is 4.89. The molecule has 136 valence electrons. The van der Waals surface area contributed by atoms with Gasteiger partial charge in [0.25, 0.3) is 5.91 Å². The Labute approximate surface area is 155 Å². The maximum Gasteiger partial charge on any atom is 0.328 e. The van der Waals surface area contributed by atoms with E-state index >= 15 is 0 Å². The summed E-state index contributed by atoms with van der Waals surface area (Å²) in [7, 11) is 1.32. The van der Waals surface area contributed by atoms with Gasteiger partial charge in [-0.2, -0.15) is 0 Å². The number of rotatable bonds is 5. The number of benzene rings is 2. The first-order valence-electron chi connectivity index (χ1n) is 8.67. The highest BCUT2D eigenvalue weighted by atomic mass is 16.5. The lowest BCUT2D eigenvalue weighted by Gasteiger charge is -2.15. The van der Waals surface area contributed by atoms with Crippen LogP contribution < -0.4 is 5.32 Å². The third-order valence-electron chi connectivity index (χ3n) is 4.66. The molecule has 0 spiro atoms. The Morgan fingerprint density at radius 3 is 2.59 bits per heavy atom. The zero-order chi connectivity index (χ0) is 18.8. The van der Waals surface area contributed by atoms with Crippen molar-refractivity contribution in [2.45, 2.75) is 12.5 Å². The van der Waals surface area contributed by atoms with Crippen molar-refractivity contribution in [3.63, 3.8) is 0 Å². The van der Waals surface area contributed by atoms with Crippen LogP contribution in [-0.2, 0) is 16.0 Å². The Morgan fingerprint density at radius 2 is 1.81 bits per heavy atom. The van der Waals surface area contributed by atoms with Crippen LogP contribution in [0.4, 0.5) is 0 Å². The van der Waals surface area contributed by atoms with Crippen LogP contribution in [0.3, 0.4) is 0 Å². The zero-order valence-corrected chi connectivity index (χ0v) is 14.8. The fraction of sp³-hybridized carbons (Fsp3) is 0.143. The maximum atomic E-state index is 12.7. The van der Waals surface area contributed by atoms with Crippen molar-refractivity contribution in [1.82, 2.24) is 15.3 Å². The monoisotopic (exact) mass is 361 g/mol. The number of methoxy groups -OCH3 is 1. The number of hydrogen-bond acceptors (Lipinski definition) is 3. The van der Waals surface area contributed by atoms with Crippen molar-refractivity contribution < 1.29 is 14.3 Å². The number of fused-ring (bicyclic) bond motifs is 2. The van der Waals surface area contributed by atoms with Gasteiger partial charge in [-0.3, -0.25) is 4.79 Å². The molecule has 0 aliphatic carbocycles. The standard InChI is InChI=1S/C21H19N3O3/c1-27-21(26)19(11-14-12-22-17-9-5-3-7-15(14)17)24-20(25)18-10-13-6-2-4-8-16(13)23-18/h2-10,12,19,22-23H,11H2,1H3,(H,24,25). The zero-order valence-electron chi connectivity index (χ0n) is 14.8. The molecule has 6 heteroatoms. The Morgan fingerprint density at radius 1 is 1.07 bits per heavy atom. The number of carbonyl (C=O) groups is 2. The molecule has 2 heterocycles. The van der Waals surface area contributed by atoms with E-state index in [2.05, 4.69) is 15.3 Å². The first-order valence-corrected chi connectivity index (χ1v) is 8.67. The van der Waals surface area contributed by atoms with Crippen LogP contribution in [0.5, 0.6) is 0 Å². The predicted molar refractivity (Wildman–Crippen MR) is 104 cm³/mol. The van der Waals surface area contributed by atoms with Crippen LogP contribution >= 0.6 is 0 Å². The van der Waals surface area contributed by atoms with Crippen molar-refractivity contribution in [2.24, 2.45) is 0 Å². The number of para-hydroxylation sites is 2. The number of hydrogen-bond donors (Lipinski definition) is 3. The van der Waals surface area contributed by atoms with Gasteiger partial charge in [-0.15, -0.1) is 0 Å². The number of esters is 1. The quantitative estimate of drug-likeness (QED) is 0.477. The number of amides is 1. The SMILES string of the molecule is COC(=O)C(Cc1c[nH]c2ccccc12)NC(=O)c1cc2ccccc2[nH]1. The maximum absolute atomic E-state index is 12.7. The first kappa shape index (κ1) is 16.9. The van der Waals surface area contributed by atoms with Gasteiger partial charge in [0.2, 0.25) is 0 Å². The second-order valence-corrected chi connectivity index (χ2v) is 6.38. The summed E-state index contributed by atoms with van der Waals surface area (Å²) in [5.41, 5.74) is 3.20. The number of ether oxygens (including phenoxy) is 1. The first-order chi connectivity index (χ1) is 13.2. The average Bonchev–Trinajstić information content (AvgIpc) is 3.31. The van der Waals surface area contributed by atoms with E-state index in [0.717, 1.165) is 27.4 Å². The van der Waals surface area contributed by atoms with Gasteiger partial charge in [-0.25, -0.2) is 4.79 Å². The fourth-order valence-corrected chi connectivity index (χ4v) is 3.29. The van der Waals surface area contributed by atoms with E-state index in [1.807, 2.05) is 54.7 Å². The second-order valence-electron chi connectivity index (χ2n) is 6.38. The summed E-state index contributed by atoms with van der Waals surface area (Å²) in [5, 5.41) is 4.75. The van der Waals surface area contributed by atoms with Gasteiger partial charge >= 0.3 is 5.97 Å². The lowest BCUT2D eigenvalue weighted by atomic mass is 10.0. The van der Waals surface area contributed by atoms with Crippen LogP contribution in [0.25, 0.3) is 21.8 Å². The number of aromatic amines is 2. The molecular weight excluding hydrogens is 342 g/mol. The molecule has 0 saturated heterocycles. The minimum absolute atomic E-state index is 0.336. The molecule has 1 atom stereocenters. The molecule has 0 fully saturated rings. The molecule has 0 saturated carbocycles. The van der Waals surface area contributed by atoms with Gasteiger partial charge in [0.05, 0.1) is 7.11 Å². The van der Waals surface area contributed by atoms with E-state index in [1.54, 1.807) is 6.07 Å².